The Labute approximate surface area is 279 Å². The zero-order chi connectivity index (χ0) is 31.8. The summed E-state index contributed by atoms with van der Waals surface area (Å²) < 4.78 is 4.64. The maximum atomic E-state index is 9.99. The third kappa shape index (κ3) is 3.94. The molecule has 0 bridgehead atoms. The van der Waals surface area contributed by atoms with Crippen molar-refractivity contribution in [2.24, 2.45) is 0 Å². The van der Waals surface area contributed by atoms with Gasteiger partial charge in [0.05, 0.1) is 38.8 Å². The maximum Gasteiger partial charge on any atom is 0.235 e. The first-order chi connectivity index (χ1) is 23.7. The van der Waals surface area contributed by atoms with Gasteiger partial charge in [0, 0.05) is 37.4 Å². The van der Waals surface area contributed by atoms with Crippen LogP contribution in [0.3, 0.4) is 0 Å². The summed E-state index contributed by atoms with van der Waals surface area (Å²) >= 11 is 1.80. The number of fused-ring (bicyclic) bond motifs is 11. The van der Waals surface area contributed by atoms with Gasteiger partial charge in [0.2, 0.25) is 5.95 Å². The Morgan fingerprint density at radius 1 is 0.542 bits per heavy atom. The fourth-order valence-electron chi connectivity index (χ4n) is 7.24. The zero-order valence-electron chi connectivity index (χ0n) is 25.6. The first-order valence-electron chi connectivity index (χ1n) is 15.9. The van der Waals surface area contributed by atoms with E-state index in [-0.39, 0.29) is 0 Å². The molecule has 0 saturated carbocycles. The van der Waals surface area contributed by atoms with E-state index in [1.165, 1.54) is 30.9 Å². The molecule has 0 spiro atoms. The maximum absolute atomic E-state index is 9.99. The monoisotopic (exact) mass is 628 g/mol. The number of aromatic nitrogens is 3. The highest BCUT2D eigenvalue weighted by atomic mass is 32.1. The van der Waals surface area contributed by atoms with Gasteiger partial charge in [0.1, 0.15) is 0 Å². The highest BCUT2D eigenvalue weighted by molar-refractivity contribution is 7.27. The topological polar surface area (TPSA) is 54.5 Å². The summed E-state index contributed by atoms with van der Waals surface area (Å²) in [6.45, 7) is 0. The van der Waals surface area contributed by atoms with E-state index in [1.807, 2.05) is 30.3 Å². The quantitative estimate of drug-likeness (QED) is 0.196. The highest BCUT2D eigenvalue weighted by Crippen LogP contribution is 2.47. The van der Waals surface area contributed by atoms with Gasteiger partial charge in [-0.15, -0.1) is 11.3 Å². The molecule has 3 heterocycles. The van der Waals surface area contributed by atoms with Crippen molar-refractivity contribution in [1.29, 1.82) is 5.26 Å². The number of benzene rings is 7. The molecular weight excluding hydrogens is 605 g/mol. The van der Waals surface area contributed by atoms with E-state index in [2.05, 4.69) is 126 Å². The molecule has 10 aromatic rings. The van der Waals surface area contributed by atoms with Crippen LogP contribution in [-0.4, -0.2) is 14.5 Å². The fourth-order valence-corrected chi connectivity index (χ4v) is 8.50. The van der Waals surface area contributed by atoms with Gasteiger partial charge in [-0.25, -0.2) is 9.97 Å². The largest absolute Gasteiger partial charge is 0.276 e. The summed E-state index contributed by atoms with van der Waals surface area (Å²) in [6, 6.07) is 52.9. The van der Waals surface area contributed by atoms with Gasteiger partial charge in [0.25, 0.3) is 0 Å². The minimum Gasteiger partial charge on any atom is -0.276 e. The lowest BCUT2D eigenvalue weighted by atomic mass is 9.98. The second-order valence-corrected chi connectivity index (χ2v) is 13.2. The third-order valence-electron chi connectivity index (χ3n) is 9.40. The molecule has 0 amide bonds. The average molecular weight is 629 g/mol. The number of nitriles is 1. The van der Waals surface area contributed by atoms with Crippen molar-refractivity contribution in [3.8, 4) is 34.5 Å². The first kappa shape index (κ1) is 26.8. The Bertz CT molecular complexity index is 2960. The lowest BCUT2D eigenvalue weighted by Crippen LogP contribution is -2.04. The van der Waals surface area contributed by atoms with Crippen molar-refractivity contribution in [2.45, 2.75) is 0 Å². The summed E-state index contributed by atoms with van der Waals surface area (Å²) in [6.07, 6.45) is 0. The standard InChI is InChI=1S/C43H24N4S/c44-25-26-18-21-37-34(22-26)39-31-14-6-7-15-32(31)40-33-16-8-9-17-38(33)48-42(40)41(39)47(37)43-45-35(28-11-2-1-3-12-28)24-36(46-43)30-20-19-27-10-4-5-13-29(27)23-30/h1-24H. The summed E-state index contributed by atoms with van der Waals surface area (Å²) in [5.41, 5.74) is 6.39. The molecule has 4 nitrogen and oxygen atoms in total. The summed E-state index contributed by atoms with van der Waals surface area (Å²) in [5.74, 6) is 0.596. The fraction of sp³-hybridized carbons (Fsp3) is 0. The van der Waals surface area contributed by atoms with Crippen molar-refractivity contribution < 1.29 is 0 Å². The van der Waals surface area contributed by atoms with Gasteiger partial charge in [-0.3, -0.25) is 4.57 Å². The van der Waals surface area contributed by atoms with E-state index in [1.54, 1.807) is 11.3 Å². The number of thiophene rings is 1. The summed E-state index contributed by atoms with van der Waals surface area (Å²) in [4.78, 5) is 10.7. The number of hydrogen-bond acceptors (Lipinski definition) is 4. The van der Waals surface area contributed by atoms with Crippen molar-refractivity contribution in [3.05, 3.63) is 151 Å². The molecule has 0 radical (unpaired) electrons. The van der Waals surface area contributed by atoms with Crippen molar-refractivity contribution in [1.82, 2.24) is 14.5 Å². The van der Waals surface area contributed by atoms with E-state index in [0.717, 1.165) is 55.1 Å². The summed E-state index contributed by atoms with van der Waals surface area (Å²) in [7, 11) is 0. The molecule has 7 aromatic carbocycles. The van der Waals surface area contributed by atoms with E-state index in [4.69, 9.17) is 9.97 Å². The van der Waals surface area contributed by atoms with Crippen molar-refractivity contribution >= 4 is 74.9 Å². The molecular formula is C43H24N4S. The van der Waals surface area contributed by atoms with Crippen LogP contribution in [0.4, 0.5) is 0 Å². The smallest absolute Gasteiger partial charge is 0.235 e. The van der Waals surface area contributed by atoms with Crippen LogP contribution in [0.5, 0.6) is 0 Å². The van der Waals surface area contributed by atoms with Gasteiger partial charge < -0.3 is 0 Å². The molecule has 0 aliphatic carbocycles. The minimum atomic E-state index is 0.596. The van der Waals surface area contributed by atoms with Crippen LogP contribution in [0.1, 0.15) is 5.56 Å². The Morgan fingerprint density at radius 2 is 1.23 bits per heavy atom. The first-order valence-corrected chi connectivity index (χ1v) is 16.7. The SMILES string of the molecule is N#Cc1ccc2c(c1)c1c3ccccc3c3c4ccccc4sc3c1n2-c1nc(-c2ccccc2)cc(-c2ccc3ccccc3c2)n1. The molecule has 0 N–H and O–H groups in total. The van der Waals surface area contributed by atoms with Crippen LogP contribution < -0.4 is 0 Å². The average Bonchev–Trinajstić information content (AvgIpc) is 3.71. The molecule has 5 heteroatoms. The van der Waals surface area contributed by atoms with Crippen molar-refractivity contribution in [3.63, 3.8) is 0 Å². The molecule has 48 heavy (non-hydrogen) atoms. The van der Waals surface area contributed by atoms with Gasteiger partial charge in [-0.1, -0.05) is 109 Å². The van der Waals surface area contributed by atoms with Crippen LogP contribution in [0.2, 0.25) is 0 Å². The van der Waals surface area contributed by atoms with Crippen LogP contribution in [0, 0.1) is 11.3 Å². The Balaban J connectivity index is 1.39. The van der Waals surface area contributed by atoms with E-state index < -0.39 is 0 Å². The molecule has 0 saturated heterocycles. The predicted molar refractivity (Wildman–Crippen MR) is 200 cm³/mol. The lowest BCUT2D eigenvalue weighted by Gasteiger charge is -2.13. The molecule has 3 aromatic heterocycles. The molecule has 0 unspecified atom stereocenters. The molecule has 0 atom stereocenters. The molecule has 0 fully saturated rings. The second kappa shape index (κ2) is 10.3. The van der Waals surface area contributed by atoms with Crippen LogP contribution in [-0.2, 0) is 0 Å². The molecule has 0 aliphatic rings. The molecule has 0 aliphatic heterocycles. The number of hydrogen-bond donors (Lipinski definition) is 0. The molecule has 222 valence electrons. The zero-order valence-corrected chi connectivity index (χ0v) is 26.4. The Morgan fingerprint density at radius 3 is 2.04 bits per heavy atom. The van der Waals surface area contributed by atoms with Gasteiger partial charge in [-0.05, 0) is 57.9 Å². The van der Waals surface area contributed by atoms with Crippen molar-refractivity contribution in [2.75, 3.05) is 0 Å². The highest BCUT2D eigenvalue weighted by Gasteiger charge is 2.24. The Kier molecular flexibility index (Phi) is 5.77. The summed E-state index contributed by atoms with van der Waals surface area (Å²) in [5, 5.41) is 19.3. The number of rotatable bonds is 3. The lowest BCUT2D eigenvalue weighted by molar-refractivity contribution is 0.999. The minimum absolute atomic E-state index is 0.596. The van der Waals surface area contributed by atoms with E-state index >= 15 is 0 Å². The number of nitrogens with zero attached hydrogens (tertiary/aromatic N) is 4. The van der Waals surface area contributed by atoms with E-state index in [0.29, 0.717) is 11.5 Å². The van der Waals surface area contributed by atoms with Crippen LogP contribution in [0.15, 0.2) is 146 Å². The van der Waals surface area contributed by atoms with Crippen LogP contribution >= 0.6 is 11.3 Å². The second-order valence-electron chi connectivity index (χ2n) is 12.1. The van der Waals surface area contributed by atoms with E-state index in [9.17, 15) is 5.26 Å². The van der Waals surface area contributed by atoms with Gasteiger partial charge >= 0.3 is 0 Å². The van der Waals surface area contributed by atoms with Crippen LogP contribution in [0.25, 0.3) is 92.0 Å². The third-order valence-corrected chi connectivity index (χ3v) is 10.6. The van der Waals surface area contributed by atoms with Gasteiger partial charge in [-0.2, -0.15) is 5.26 Å². The normalized spacial score (nSPS) is 11.7. The Hall–Kier alpha value is -6.35. The van der Waals surface area contributed by atoms with Gasteiger partial charge in [0.15, 0.2) is 0 Å². The molecule has 10 rings (SSSR count). The predicted octanol–water partition coefficient (Wildman–Crippen LogP) is 11.5.